The summed E-state index contributed by atoms with van der Waals surface area (Å²) >= 11 is 0. The zero-order valence-electron chi connectivity index (χ0n) is 16.8. The van der Waals surface area contributed by atoms with Crippen LogP contribution in [-0.4, -0.2) is 51.8 Å². The third-order valence-electron chi connectivity index (χ3n) is 5.15. The minimum absolute atomic E-state index is 0.0472. The van der Waals surface area contributed by atoms with Gasteiger partial charge >= 0.3 is 0 Å². The summed E-state index contributed by atoms with van der Waals surface area (Å²) in [5.74, 6) is 0.637. The first-order valence-electron chi connectivity index (χ1n) is 9.88. The zero-order valence-corrected chi connectivity index (χ0v) is 16.8. The second-order valence-corrected chi connectivity index (χ2v) is 7.44. The molecule has 2 aromatic heterocycles. The van der Waals surface area contributed by atoms with Crippen molar-refractivity contribution in [2.45, 2.75) is 19.9 Å². The van der Waals surface area contributed by atoms with E-state index in [-0.39, 0.29) is 11.9 Å². The van der Waals surface area contributed by atoms with Gasteiger partial charge in [-0.05, 0) is 37.6 Å². The van der Waals surface area contributed by atoms with E-state index in [2.05, 4.69) is 31.7 Å². The Morgan fingerprint density at radius 2 is 2.07 bits per heavy atom. The van der Waals surface area contributed by atoms with Crippen LogP contribution in [0.2, 0.25) is 0 Å². The lowest BCUT2D eigenvalue weighted by Gasteiger charge is -2.35. The lowest BCUT2D eigenvalue weighted by molar-refractivity contribution is -0.118. The number of aromatic nitrogens is 3. The highest BCUT2D eigenvalue weighted by molar-refractivity contribution is 5.91. The Morgan fingerprint density at radius 1 is 1.24 bits per heavy atom. The SMILES string of the molecule is Cc1ccc(-n2nc(C)cc2NC(=O)CN2CCNCC2c2cccnc2)cc1. The molecule has 3 heterocycles. The summed E-state index contributed by atoms with van der Waals surface area (Å²) in [6.45, 7) is 6.77. The van der Waals surface area contributed by atoms with Crippen molar-refractivity contribution in [1.82, 2.24) is 25.0 Å². The maximum absolute atomic E-state index is 12.9. The van der Waals surface area contributed by atoms with Gasteiger partial charge in [-0.15, -0.1) is 0 Å². The van der Waals surface area contributed by atoms with Gasteiger partial charge in [-0.3, -0.25) is 14.7 Å². The van der Waals surface area contributed by atoms with E-state index in [0.717, 1.165) is 36.6 Å². The molecule has 0 saturated carbocycles. The van der Waals surface area contributed by atoms with Gasteiger partial charge in [-0.2, -0.15) is 5.10 Å². The molecule has 0 spiro atoms. The molecule has 1 amide bonds. The van der Waals surface area contributed by atoms with Crippen LogP contribution < -0.4 is 10.6 Å². The van der Waals surface area contributed by atoms with Crippen LogP contribution in [0.1, 0.15) is 22.9 Å². The molecule has 0 aliphatic carbocycles. The number of amides is 1. The number of carbonyl (C=O) groups is 1. The zero-order chi connectivity index (χ0) is 20.2. The van der Waals surface area contributed by atoms with E-state index >= 15 is 0 Å². The third kappa shape index (κ3) is 4.52. The quantitative estimate of drug-likeness (QED) is 0.700. The van der Waals surface area contributed by atoms with Gasteiger partial charge in [0.15, 0.2) is 0 Å². The molecule has 3 aromatic rings. The van der Waals surface area contributed by atoms with Gasteiger partial charge in [0, 0.05) is 44.1 Å². The number of pyridine rings is 1. The van der Waals surface area contributed by atoms with Crippen molar-refractivity contribution < 1.29 is 4.79 Å². The Hall–Kier alpha value is -3.03. The van der Waals surface area contributed by atoms with Crippen molar-refractivity contribution in [3.05, 3.63) is 71.7 Å². The molecule has 1 unspecified atom stereocenters. The van der Waals surface area contributed by atoms with E-state index < -0.39 is 0 Å². The minimum Gasteiger partial charge on any atom is -0.314 e. The van der Waals surface area contributed by atoms with Gasteiger partial charge < -0.3 is 10.6 Å². The summed E-state index contributed by atoms with van der Waals surface area (Å²) in [4.78, 5) is 19.3. The smallest absolute Gasteiger partial charge is 0.239 e. The van der Waals surface area contributed by atoms with Crippen LogP contribution in [0.5, 0.6) is 0 Å². The lowest BCUT2D eigenvalue weighted by atomic mass is 10.1. The first-order chi connectivity index (χ1) is 14.1. The number of hydrogen-bond donors (Lipinski definition) is 2. The van der Waals surface area contributed by atoms with Crippen LogP contribution in [-0.2, 0) is 4.79 Å². The summed E-state index contributed by atoms with van der Waals surface area (Å²) in [6, 6.07) is 14.1. The lowest BCUT2D eigenvalue weighted by Crippen LogP contribution is -2.48. The van der Waals surface area contributed by atoms with Crippen LogP contribution >= 0.6 is 0 Å². The van der Waals surface area contributed by atoms with Gasteiger partial charge in [0.2, 0.25) is 5.91 Å². The number of rotatable bonds is 5. The molecule has 0 bridgehead atoms. The molecule has 2 N–H and O–H groups in total. The number of benzene rings is 1. The molecule has 1 aliphatic heterocycles. The highest BCUT2D eigenvalue weighted by Crippen LogP contribution is 2.22. The van der Waals surface area contributed by atoms with Gasteiger partial charge in [0.1, 0.15) is 5.82 Å². The first-order valence-corrected chi connectivity index (χ1v) is 9.88. The van der Waals surface area contributed by atoms with Gasteiger partial charge in [0.25, 0.3) is 0 Å². The largest absolute Gasteiger partial charge is 0.314 e. The molecule has 7 nitrogen and oxygen atoms in total. The Morgan fingerprint density at radius 3 is 2.83 bits per heavy atom. The molecule has 29 heavy (non-hydrogen) atoms. The number of anilines is 1. The van der Waals surface area contributed by atoms with Crippen LogP contribution in [0.3, 0.4) is 0 Å². The summed E-state index contributed by atoms with van der Waals surface area (Å²) in [6.07, 6.45) is 3.64. The van der Waals surface area contributed by atoms with Gasteiger partial charge in [-0.25, -0.2) is 4.68 Å². The Bertz CT molecular complexity index is 967. The number of carbonyl (C=O) groups excluding carboxylic acids is 1. The van der Waals surface area contributed by atoms with Crippen molar-refractivity contribution >= 4 is 11.7 Å². The predicted octanol–water partition coefficient (Wildman–Crippen LogP) is 2.47. The second-order valence-electron chi connectivity index (χ2n) is 7.44. The van der Waals surface area contributed by atoms with Crippen LogP contribution in [0.25, 0.3) is 5.69 Å². The molecular formula is C22H26N6O. The van der Waals surface area contributed by atoms with E-state index in [1.807, 2.05) is 56.4 Å². The molecular weight excluding hydrogens is 364 g/mol. The van der Waals surface area contributed by atoms with Crippen molar-refractivity contribution in [3.8, 4) is 5.69 Å². The molecule has 0 radical (unpaired) electrons. The second kappa shape index (κ2) is 8.55. The number of piperazine rings is 1. The summed E-state index contributed by atoms with van der Waals surface area (Å²) in [5.41, 5.74) is 4.09. The van der Waals surface area contributed by atoms with Crippen LogP contribution in [0.15, 0.2) is 54.9 Å². The Kier molecular flexibility index (Phi) is 5.69. The molecule has 1 atom stereocenters. The Labute approximate surface area is 170 Å². The van der Waals surface area contributed by atoms with Crippen LogP contribution in [0.4, 0.5) is 5.82 Å². The third-order valence-corrected chi connectivity index (χ3v) is 5.15. The molecule has 1 aliphatic rings. The number of nitrogens with zero attached hydrogens (tertiary/aromatic N) is 4. The van der Waals surface area contributed by atoms with Crippen molar-refractivity contribution in [2.75, 3.05) is 31.5 Å². The van der Waals surface area contributed by atoms with Gasteiger partial charge in [0.05, 0.1) is 17.9 Å². The van der Waals surface area contributed by atoms with E-state index in [1.165, 1.54) is 5.56 Å². The average Bonchev–Trinajstić information content (AvgIpc) is 3.09. The van der Waals surface area contributed by atoms with E-state index in [1.54, 1.807) is 10.9 Å². The highest BCUT2D eigenvalue weighted by atomic mass is 16.2. The standard InChI is InChI=1S/C22H26N6O/c1-16-5-7-19(8-6-16)28-21(12-17(2)26-28)25-22(29)15-27-11-10-24-14-20(27)18-4-3-9-23-13-18/h3-9,12-13,20,24H,10-11,14-15H2,1-2H3,(H,25,29). The first kappa shape index (κ1) is 19.3. The monoisotopic (exact) mass is 390 g/mol. The number of hydrogen-bond acceptors (Lipinski definition) is 5. The summed E-state index contributed by atoms with van der Waals surface area (Å²) < 4.78 is 1.78. The predicted molar refractivity (Wildman–Crippen MR) is 113 cm³/mol. The van der Waals surface area contributed by atoms with E-state index in [4.69, 9.17) is 0 Å². The fourth-order valence-corrected chi connectivity index (χ4v) is 3.68. The molecule has 4 rings (SSSR count). The average molecular weight is 390 g/mol. The maximum Gasteiger partial charge on any atom is 0.239 e. The van der Waals surface area contributed by atoms with Crippen molar-refractivity contribution in [2.24, 2.45) is 0 Å². The van der Waals surface area contributed by atoms with Crippen LogP contribution in [0, 0.1) is 13.8 Å². The van der Waals surface area contributed by atoms with E-state index in [0.29, 0.717) is 12.4 Å². The van der Waals surface area contributed by atoms with Gasteiger partial charge in [-0.1, -0.05) is 23.8 Å². The molecule has 1 aromatic carbocycles. The molecule has 1 fully saturated rings. The van der Waals surface area contributed by atoms with E-state index in [9.17, 15) is 4.79 Å². The fourth-order valence-electron chi connectivity index (χ4n) is 3.68. The maximum atomic E-state index is 12.9. The minimum atomic E-state index is -0.0472. The fraction of sp³-hybridized carbons (Fsp3) is 0.318. The highest BCUT2D eigenvalue weighted by Gasteiger charge is 2.26. The molecule has 1 saturated heterocycles. The Balaban J connectivity index is 1.49. The van der Waals surface area contributed by atoms with Crippen molar-refractivity contribution in [3.63, 3.8) is 0 Å². The number of nitrogens with one attached hydrogen (secondary N) is 2. The number of aryl methyl sites for hydroxylation is 2. The summed E-state index contributed by atoms with van der Waals surface area (Å²) in [7, 11) is 0. The molecule has 7 heteroatoms. The topological polar surface area (TPSA) is 75.1 Å². The molecule has 150 valence electrons. The summed E-state index contributed by atoms with van der Waals surface area (Å²) in [5, 5.41) is 11.0. The normalized spacial score (nSPS) is 17.2. The van der Waals surface area contributed by atoms with Crippen molar-refractivity contribution in [1.29, 1.82) is 0 Å².